The van der Waals surface area contributed by atoms with Crippen LogP contribution in [0.25, 0.3) is 0 Å². The second-order valence-electron chi connectivity index (χ2n) is 5.93. The Morgan fingerprint density at radius 2 is 1.81 bits per heavy atom. The minimum atomic E-state index is -0.717. The summed E-state index contributed by atoms with van der Waals surface area (Å²) in [6.45, 7) is 1.65. The molecule has 2 amide bonds. The lowest BCUT2D eigenvalue weighted by molar-refractivity contribution is -0.139. The van der Waals surface area contributed by atoms with Gasteiger partial charge in [-0.15, -0.1) is 0 Å². The van der Waals surface area contributed by atoms with Crippen molar-refractivity contribution in [2.45, 2.75) is 25.9 Å². The molecule has 0 unspecified atom stereocenters. The van der Waals surface area contributed by atoms with E-state index in [1.807, 2.05) is 0 Å². The van der Waals surface area contributed by atoms with Crippen LogP contribution in [-0.4, -0.2) is 36.9 Å². The topological polar surface area (TPSA) is 58.6 Å². The highest BCUT2D eigenvalue weighted by Crippen LogP contribution is 2.16. The third-order valence-corrected chi connectivity index (χ3v) is 4.23. The third kappa shape index (κ3) is 4.81. The average Bonchev–Trinajstić information content (AvgIpc) is 2.66. The molecule has 0 aliphatic carbocycles. The first-order chi connectivity index (χ1) is 12.5. The van der Waals surface area contributed by atoms with E-state index in [-0.39, 0.29) is 24.8 Å². The highest BCUT2D eigenvalue weighted by molar-refractivity contribution is 5.88. The molecule has 1 atom stereocenters. The fraction of sp³-hybridized carbons (Fsp3) is 0.300. The van der Waals surface area contributed by atoms with Crippen LogP contribution in [0.2, 0.25) is 0 Å². The van der Waals surface area contributed by atoms with Crippen molar-refractivity contribution in [2.24, 2.45) is 0 Å². The van der Waals surface area contributed by atoms with E-state index < -0.39 is 11.9 Å². The number of hydrogen-bond donors (Lipinski definition) is 1. The number of hydrogen-bond acceptors (Lipinski definition) is 3. The fourth-order valence-electron chi connectivity index (χ4n) is 2.62. The number of likely N-dealkylation sites (N-methyl/N-ethyl adjacent to an activating group) is 1. The summed E-state index contributed by atoms with van der Waals surface area (Å²) < 4.78 is 19.1. The van der Waals surface area contributed by atoms with Gasteiger partial charge in [-0.2, -0.15) is 0 Å². The molecule has 6 heteroatoms. The zero-order valence-corrected chi connectivity index (χ0v) is 15.2. The number of rotatable bonds is 7. The van der Waals surface area contributed by atoms with Crippen LogP contribution in [-0.2, 0) is 22.6 Å². The number of amides is 2. The van der Waals surface area contributed by atoms with E-state index in [0.29, 0.717) is 11.3 Å². The van der Waals surface area contributed by atoms with Crippen molar-refractivity contribution in [2.75, 3.05) is 14.2 Å². The van der Waals surface area contributed by atoms with Crippen molar-refractivity contribution >= 4 is 11.8 Å². The summed E-state index contributed by atoms with van der Waals surface area (Å²) in [5, 5.41) is 2.54. The van der Waals surface area contributed by atoms with Crippen LogP contribution in [0, 0.1) is 5.82 Å². The molecule has 0 aliphatic rings. The van der Waals surface area contributed by atoms with E-state index in [0.717, 1.165) is 5.56 Å². The Bertz CT molecular complexity index is 762. The quantitative estimate of drug-likeness (QED) is 0.827. The Kier molecular flexibility index (Phi) is 6.72. The van der Waals surface area contributed by atoms with Crippen LogP contribution in [0.15, 0.2) is 48.5 Å². The van der Waals surface area contributed by atoms with Crippen LogP contribution in [0.5, 0.6) is 5.75 Å². The van der Waals surface area contributed by atoms with Gasteiger partial charge in [0.2, 0.25) is 11.8 Å². The molecule has 26 heavy (non-hydrogen) atoms. The molecule has 2 aromatic carbocycles. The third-order valence-electron chi connectivity index (χ3n) is 4.23. The number of carbonyl (C=O) groups excluding carboxylic acids is 2. The standard InChI is InChI=1S/C20H23FN2O3/c1-14(20(25)22-2)23(13-16-6-4-5-7-18(16)21)19(24)12-15-8-10-17(26-3)11-9-15/h4-11,14H,12-13H2,1-3H3,(H,22,25)/t14-/m0/s1. The molecule has 5 nitrogen and oxygen atoms in total. The van der Waals surface area contributed by atoms with Crippen LogP contribution in [0.1, 0.15) is 18.1 Å². The minimum Gasteiger partial charge on any atom is -0.497 e. The zero-order chi connectivity index (χ0) is 19.1. The Morgan fingerprint density at radius 3 is 2.38 bits per heavy atom. The van der Waals surface area contributed by atoms with Gasteiger partial charge in [0.15, 0.2) is 0 Å². The second-order valence-corrected chi connectivity index (χ2v) is 5.93. The summed E-state index contributed by atoms with van der Waals surface area (Å²) in [6, 6.07) is 12.7. The van der Waals surface area contributed by atoms with Gasteiger partial charge in [-0.1, -0.05) is 30.3 Å². The Balaban J connectivity index is 2.22. The van der Waals surface area contributed by atoms with E-state index in [1.54, 1.807) is 56.5 Å². The molecule has 2 aromatic rings. The van der Waals surface area contributed by atoms with Gasteiger partial charge in [0.05, 0.1) is 13.5 Å². The highest BCUT2D eigenvalue weighted by Gasteiger charge is 2.26. The lowest BCUT2D eigenvalue weighted by Gasteiger charge is -2.28. The summed E-state index contributed by atoms with van der Waals surface area (Å²) in [7, 11) is 3.08. The number of nitrogens with one attached hydrogen (secondary N) is 1. The van der Waals surface area contributed by atoms with E-state index in [1.165, 1.54) is 18.0 Å². The number of benzene rings is 2. The molecule has 1 N–H and O–H groups in total. The number of ether oxygens (including phenoxy) is 1. The average molecular weight is 358 g/mol. The van der Waals surface area contributed by atoms with Crippen LogP contribution in [0.3, 0.4) is 0 Å². The molecular formula is C20H23FN2O3. The monoisotopic (exact) mass is 358 g/mol. The summed E-state index contributed by atoms with van der Waals surface area (Å²) in [6.07, 6.45) is 0.111. The van der Waals surface area contributed by atoms with Gasteiger partial charge in [0.1, 0.15) is 17.6 Å². The van der Waals surface area contributed by atoms with E-state index in [9.17, 15) is 14.0 Å². The molecule has 0 fully saturated rings. The van der Waals surface area contributed by atoms with Crippen molar-refractivity contribution in [3.63, 3.8) is 0 Å². The number of halogens is 1. The van der Waals surface area contributed by atoms with Crippen molar-refractivity contribution in [1.29, 1.82) is 0 Å². The maximum Gasteiger partial charge on any atom is 0.242 e. The van der Waals surface area contributed by atoms with E-state index in [2.05, 4.69) is 5.32 Å². The molecule has 0 bridgehead atoms. The number of nitrogens with zero attached hydrogens (tertiary/aromatic N) is 1. The fourth-order valence-corrected chi connectivity index (χ4v) is 2.62. The molecule has 138 valence electrons. The van der Waals surface area contributed by atoms with Crippen LogP contribution >= 0.6 is 0 Å². The Morgan fingerprint density at radius 1 is 1.15 bits per heavy atom. The predicted octanol–water partition coefficient (Wildman–Crippen LogP) is 2.54. The predicted molar refractivity (Wildman–Crippen MR) is 97.2 cm³/mol. The lowest BCUT2D eigenvalue weighted by atomic mass is 10.1. The molecule has 0 saturated heterocycles. The van der Waals surface area contributed by atoms with Gasteiger partial charge in [-0.05, 0) is 30.7 Å². The highest BCUT2D eigenvalue weighted by atomic mass is 19.1. The molecule has 2 rings (SSSR count). The first kappa shape index (κ1) is 19.4. The summed E-state index contributed by atoms with van der Waals surface area (Å²) in [5.41, 5.74) is 1.16. The lowest BCUT2D eigenvalue weighted by Crippen LogP contribution is -2.47. The zero-order valence-electron chi connectivity index (χ0n) is 15.2. The smallest absolute Gasteiger partial charge is 0.242 e. The van der Waals surface area contributed by atoms with Gasteiger partial charge in [-0.25, -0.2) is 4.39 Å². The second kappa shape index (κ2) is 8.99. The molecule has 0 radical (unpaired) electrons. The van der Waals surface area contributed by atoms with Gasteiger partial charge >= 0.3 is 0 Å². The van der Waals surface area contributed by atoms with Crippen molar-refractivity contribution < 1.29 is 18.7 Å². The minimum absolute atomic E-state index is 0.0241. The van der Waals surface area contributed by atoms with Crippen LogP contribution < -0.4 is 10.1 Å². The largest absolute Gasteiger partial charge is 0.497 e. The van der Waals surface area contributed by atoms with E-state index in [4.69, 9.17) is 4.74 Å². The summed E-state index contributed by atoms with van der Waals surface area (Å²) in [5.74, 6) is -0.263. The maximum absolute atomic E-state index is 14.0. The molecule has 0 saturated carbocycles. The normalized spacial score (nSPS) is 11.5. The first-order valence-electron chi connectivity index (χ1n) is 8.33. The van der Waals surface area contributed by atoms with Crippen molar-refractivity contribution in [3.05, 3.63) is 65.5 Å². The number of methoxy groups -OCH3 is 1. The van der Waals surface area contributed by atoms with Crippen molar-refractivity contribution in [3.8, 4) is 5.75 Å². The van der Waals surface area contributed by atoms with Gasteiger partial charge in [0.25, 0.3) is 0 Å². The molecule has 0 spiro atoms. The number of carbonyl (C=O) groups is 2. The molecule has 0 heterocycles. The van der Waals surface area contributed by atoms with Crippen molar-refractivity contribution in [1.82, 2.24) is 10.2 Å². The molecule has 0 aromatic heterocycles. The van der Waals surface area contributed by atoms with Gasteiger partial charge < -0.3 is 15.0 Å². The first-order valence-corrected chi connectivity index (χ1v) is 8.33. The van der Waals surface area contributed by atoms with E-state index >= 15 is 0 Å². The summed E-state index contributed by atoms with van der Waals surface area (Å²) in [4.78, 5) is 26.3. The Labute approximate surface area is 152 Å². The Hall–Kier alpha value is -2.89. The van der Waals surface area contributed by atoms with Gasteiger partial charge in [-0.3, -0.25) is 9.59 Å². The maximum atomic E-state index is 14.0. The molecule has 0 aliphatic heterocycles. The van der Waals surface area contributed by atoms with Crippen LogP contribution in [0.4, 0.5) is 4.39 Å². The summed E-state index contributed by atoms with van der Waals surface area (Å²) >= 11 is 0. The van der Waals surface area contributed by atoms with Gasteiger partial charge in [0, 0.05) is 19.2 Å². The molecular weight excluding hydrogens is 335 g/mol. The SMILES string of the molecule is CNC(=O)[C@H](C)N(Cc1ccccc1F)C(=O)Cc1ccc(OC)cc1.